The van der Waals surface area contributed by atoms with Gasteiger partial charge in [0.15, 0.2) is 5.76 Å². The molecule has 1 aromatic rings. The molecule has 2 rings (SSSR count). The van der Waals surface area contributed by atoms with Gasteiger partial charge in [-0.25, -0.2) is 0 Å². The van der Waals surface area contributed by atoms with Gasteiger partial charge in [0.25, 0.3) is 0 Å². The number of rotatable bonds is 4. The topological polar surface area (TPSA) is 47.3 Å². The molecule has 0 radical (unpaired) electrons. The number of allylic oxidation sites excluding steroid dienone is 1. The second-order valence-electron chi connectivity index (χ2n) is 3.77. The maximum absolute atomic E-state index is 5.43. The van der Waals surface area contributed by atoms with Gasteiger partial charge in [-0.2, -0.15) is 0 Å². The summed E-state index contributed by atoms with van der Waals surface area (Å²) in [6, 6.07) is 1.94. The van der Waals surface area contributed by atoms with Crippen LogP contribution in [0.25, 0.3) is 0 Å². The molecule has 4 nitrogen and oxygen atoms in total. The number of nitrogens with zero attached hydrogens (tertiary/aromatic N) is 1. The molecule has 0 saturated heterocycles. The average Bonchev–Trinajstić information content (AvgIpc) is 2.66. The van der Waals surface area contributed by atoms with Crippen molar-refractivity contribution in [3.8, 4) is 0 Å². The summed E-state index contributed by atoms with van der Waals surface area (Å²) in [4.78, 5) is 0. The predicted octanol–water partition coefficient (Wildman–Crippen LogP) is 1.77. The van der Waals surface area contributed by atoms with Gasteiger partial charge in [0.1, 0.15) is 6.10 Å². The van der Waals surface area contributed by atoms with E-state index < -0.39 is 0 Å². The van der Waals surface area contributed by atoms with Crippen molar-refractivity contribution in [1.82, 2.24) is 10.5 Å². The molecular weight excluding hydrogens is 192 g/mol. The van der Waals surface area contributed by atoms with E-state index in [-0.39, 0.29) is 0 Å². The van der Waals surface area contributed by atoms with Crippen LogP contribution in [0.15, 0.2) is 22.9 Å². The number of aromatic nitrogens is 1. The number of nitrogens with one attached hydrogen (secondary N) is 1. The number of ether oxygens (including phenoxy) is 1. The molecule has 1 N–H and O–H groups in total. The molecule has 0 amide bonds. The van der Waals surface area contributed by atoms with Gasteiger partial charge in [0, 0.05) is 12.6 Å². The van der Waals surface area contributed by atoms with Crippen molar-refractivity contribution >= 4 is 0 Å². The summed E-state index contributed by atoms with van der Waals surface area (Å²) >= 11 is 0. The Labute approximate surface area is 89.3 Å². The summed E-state index contributed by atoms with van der Waals surface area (Å²) in [6.45, 7) is 3.48. The van der Waals surface area contributed by atoms with Crippen LogP contribution >= 0.6 is 0 Å². The molecule has 82 valence electrons. The smallest absolute Gasteiger partial charge is 0.150 e. The van der Waals surface area contributed by atoms with E-state index in [0.29, 0.717) is 12.6 Å². The first-order chi connectivity index (χ1) is 7.34. The Hall–Kier alpha value is -1.29. The molecule has 1 unspecified atom stereocenters. The molecule has 1 aliphatic heterocycles. The SMILES string of the molecule is Cc1cc(CNCC2CCC=CO2)on1. The quantitative estimate of drug-likeness (QED) is 0.819. The van der Waals surface area contributed by atoms with Crippen LogP contribution in [0.1, 0.15) is 24.3 Å². The third-order valence-electron chi connectivity index (χ3n) is 2.37. The van der Waals surface area contributed by atoms with Crippen molar-refractivity contribution < 1.29 is 9.26 Å². The van der Waals surface area contributed by atoms with Crippen LogP contribution in [0, 0.1) is 6.92 Å². The molecule has 0 bridgehead atoms. The Morgan fingerprint density at radius 3 is 3.20 bits per heavy atom. The third-order valence-corrected chi connectivity index (χ3v) is 2.37. The van der Waals surface area contributed by atoms with Gasteiger partial charge in [-0.3, -0.25) is 0 Å². The van der Waals surface area contributed by atoms with Gasteiger partial charge in [0.05, 0.1) is 18.5 Å². The fourth-order valence-corrected chi connectivity index (χ4v) is 1.59. The Balaban J connectivity index is 1.68. The molecule has 0 spiro atoms. The van der Waals surface area contributed by atoms with E-state index >= 15 is 0 Å². The van der Waals surface area contributed by atoms with E-state index in [1.165, 1.54) is 0 Å². The lowest BCUT2D eigenvalue weighted by molar-refractivity contribution is 0.121. The minimum absolute atomic E-state index is 0.291. The fraction of sp³-hybridized carbons (Fsp3) is 0.545. The standard InChI is InChI=1S/C11H16N2O2/c1-9-6-11(15-13-9)8-12-7-10-4-2-3-5-14-10/h3,5-6,10,12H,2,4,7-8H2,1H3. The zero-order valence-electron chi connectivity index (χ0n) is 8.90. The lowest BCUT2D eigenvalue weighted by Gasteiger charge is -2.19. The highest BCUT2D eigenvalue weighted by atomic mass is 16.5. The van der Waals surface area contributed by atoms with Crippen molar-refractivity contribution in [3.05, 3.63) is 29.9 Å². The first kappa shape index (κ1) is 10.2. The summed E-state index contributed by atoms with van der Waals surface area (Å²) in [7, 11) is 0. The molecule has 1 aliphatic rings. The minimum Gasteiger partial charge on any atom is -0.497 e. The molecule has 0 aliphatic carbocycles. The highest BCUT2D eigenvalue weighted by molar-refractivity contribution is 5.02. The van der Waals surface area contributed by atoms with Gasteiger partial charge < -0.3 is 14.6 Å². The second-order valence-corrected chi connectivity index (χ2v) is 3.77. The first-order valence-corrected chi connectivity index (χ1v) is 5.28. The van der Waals surface area contributed by atoms with E-state index in [4.69, 9.17) is 9.26 Å². The summed E-state index contributed by atoms with van der Waals surface area (Å²) in [5, 5.41) is 7.12. The highest BCUT2D eigenvalue weighted by Gasteiger charge is 2.10. The molecule has 1 atom stereocenters. The molecule has 15 heavy (non-hydrogen) atoms. The van der Waals surface area contributed by atoms with Gasteiger partial charge in [-0.05, 0) is 25.8 Å². The van der Waals surface area contributed by atoms with Crippen LogP contribution in [0.3, 0.4) is 0 Å². The van der Waals surface area contributed by atoms with Crippen molar-refractivity contribution in [2.24, 2.45) is 0 Å². The van der Waals surface area contributed by atoms with Crippen LogP contribution in [-0.2, 0) is 11.3 Å². The van der Waals surface area contributed by atoms with Crippen LogP contribution in [0.2, 0.25) is 0 Å². The molecule has 0 saturated carbocycles. The van der Waals surface area contributed by atoms with E-state index in [0.717, 1.165) is 30.8 Å². The summed E-state index contributed by atoms with van der Waals surface area (Å²) in [5.74, 6) is 0.874. The van der Waals surface area contributed by atoms with Gasteiger partial charge in [-0.1, -0.05) is 5.16 Å². The van der Waals surface area contributed by atoms with Gasteiger partial charge >= 0.3 is 0 Å². The lowest BCUT2D eigenvalue weighted by Crippen LogP contribution is -2.28. The number of hydrogen-bond acceptors (Lipinski definition) is 4. The van der Waals surface area contributed by atoms with E-state index in [1.807, 2.05) is 13.0 Å². The normalized spacial score (nSPS) is 20.2. The molecular formula is C11H16N2O2. The molecule has 2 heterocycles. The monoisotopic (exact) mass is 208 g/mol. The Morgan fingerprint density at radius 2 is 2.53 bits per heavy atom. The fourth-order valence-electron chi connectivity index (χ4n) is 1.59. The van der Waals surface area contributed by atoms with Crippen molar-refractivity contribution in [2.45, 2.75) is 32.4 Å². The zero-order valence-corrected chi connectivity index (χ0v) is 8.90. The van der Waals surface area contributed by atoms with E-state index in [1.54, 1.807) is 6.26 Å². The summed E-state index contributed by atoms with van der Waals surface area (Å²) in [6.07, 6.45) is 6.32. The molecule has 1 aromatic heterocycles. The first-order valence-electron chi connectivity index (χ1n) is 5.28. The Morgan fingerprint density at radius 1 is 1.60 bits per heavy atom. The van der Waals surface area contributed by atoms with Gasteiger partial charge in [0.2, 0.25) is 0 Å². The van der Waals surface area contributed by atoms with Crippen LogP contribution in [-0.4, -0.2) is 17.8 Å². The largest absolute Gasteiger partial charge is 0.497 e. The maximum Gasteiger partial charge on any atom is 0.150 e. The highest BCUT2D eigenvalue weighted by Crippen LogP contribution is 2.09. The van der Waals surface area contributed by atoms with E-state index in [2.05, 4.69) is 16.5 Å². The second kappa shape index (κ2) is 4.98. The Bertz CT molecular complexity index is 333. The predicted molar refractivity (Wildman–Crippen MR) is 56.2 cm³/mol. The van der Waals surface area contributed by atoms with Crippen LogP contribution in [0.5, 0.6) is 0 Å². The molecule has 0 aromatic carbocycles. The molecule has 0 fully saturated rings. The lowest BCUT2D eigenvalue weighted by atomic mass is 10.1. The summed E-state index contributed by atoms with van der Waals surface area (Å²) in [5.41, 5.74) is 0.920. The minimum atomic E-state index is 0.291. The van der Waals surface area contributed by atoms with Crippen LogP contribution in [0.4, 0.5) is 0 Å². The van der Waals surface area contributed by atoms with Crippen LogP contribution < -0.4 is 5.32 Å². The van der Waals surface area contributed by atoms with Crippen molar-refractivity contribution in [3.63, 3.8) is 0 Å². The zero-order chi connectivity index (χ0) is 10.5. The van der Waals surface area contributed by atoms with Gasteiger partial charge in [-0.15, -0.1) is 0 Å². The number of hydrogen-bond donors (Lipinski definition) is 1. The van der Waals surface area contributed by atoms with Crippen molar-refractivity contribution in [1.29, 1.82) is 0 Å². The third kappa shape index (κ3) is 3.09. The van der Waals surface area contributed by atoms with E-state index in [9.17, 15) is 0 Å². The maximum atomic E-state index is 5.43. The molecule has 4 heteroatoms. The average molecular weight is 208 g/mol. The Kier molecular flexibility index (Phi) is 3.40. The summed E-state index contributed by atoms with van der Waals surface area (Å²) < 4.78 is 10.5. The van der Waals surface area contributed by atoms with Crippen molar-refractivity contribution in [2.75, 3.05) is 6.54 Å². The number of aryl methyl sites for hydroxylation is 1.